The fraction of sp³-hybridized carbons (Fsp3) is 0.250. The summed E-state index contributed by atoms with van der Waals surface area (Å²) in [6.07, 6.45) is 7.29. The Bertz CT molecular complexity index is 831. The van der Waals surface area contributed by atoms with E-state index in [1.54, 1.807) is 12.4 Å². The molecule has 1 aromatic heterocycles. The van der Waals surface area contributed by atoms with E-state index in [1.165, 1.54) is 5.56 Å². The SMILES string of the molecule is O=C(CCCCOc1ccccc1-c1ccccc1)CCc1ccncc1. The van der Waals surface area contributed by atoms with Crippen LogP contribution in [0, 0.1) is 0 Å². The van der Waals surface area contributed by atoms with Crippen LogP contribution >= 0.6 is 0 Å². The topological polar surface area (TPSA) is 39.2 Å². The highest BCUT2D eigenvalue weighted by atomic mass is 16.5. The number of nitrogens with zero attached hydrogens (tertiary/aromatic N) is 1. The Morgan fingerprint density at radius 2 is 1.56 bits per heavy atom. The molecule has 0 bridgehead atoms. The van der Waals surface area contributed by atoms with E-state index < -0.39 is 0 Å². The summed E-state index contributed by atoms with van der Waals surface area (Å²) in [7, 11) is 0. The number of hydrogen-bond acceptors (Lipinski definition) is 3. The van der Waals surface area contributed by atoms with Gasteiger partial charge < -0.3 is 4.74 Å². The molecule has 0 N–H and O–H groups in total. The molecule has 0 atom stereocenters. The second-order valence-corrected chi connectivity index (χ2v) is 6.56. The van der Waals surface area contributed by atoms with Crippen LogP contribution < -0.4 is 4.74 Å². The van der Waals surface area contributed by atoms with Crippen molar-refractivity contribution in [2.75, 3.05) is 6.61 Å². The normalized spacial score (nSPS) is 10.5. The number of unbranched alkanes of at least 4 members (excludes halogenated alkanes) is 1. The lowest BCUT2D eigenvalue weighted by atomic mass is 10.0. The van der Waals surface area contributed by atoms with Crippen molar-refractivity contribution in [2.24, 2.45) is 0 Å². The molecular formula is C24H25NO2. The number of rotatable bonds is 10. The van der Waals surface area contributed by atoms with Gasteiger partial charge in [0.15, 0.2) is 0 Å². The van der Waals surface area contributed by atoms with Crippen molar-refractivity contribution in [2.45, 2.75) is 32.1 Å². The molecule has 0 saturated heterocycles. The molecule has 0 saturated carbocycles. The lowest BCUT2D eigenvalue weighted by Gasteiger charge is -2.11. The van der Waals surface area contributed by atoms with Crippen LogP contribution in [0.4, 0.5) is 0 Å². The van der Waals surface area contributed by atoms with Gasteiger partial charge in [-0.1, -0.05) is 48.5 Å². The largest absolute Gasteiger partial charge is 0.493 e. The zero-order valence-electron chi connectivity index (χ0n) is 15.5. The van der Waals surface area contributed by atoms with E-state index in [1.807, 2.05) is 48.5 Å². The van der Waals surface area contributed by atoms with E-state index in [4.69, 9.17) is 4.74 Å². The van der Waals surface area contributed by atoms with Crippen molar-refractivity contribution in [3.63, 3.8) is 0 Å². The van der Waals surface area contributed by atoms with Gasteiger partial charge in [-0.25, -0.2) is 0 Å². The van der Waals surface area contributed by atoms with E-state index in [2.05, 4.69) is 23.2 Å². The first-order valence-corrected chi connectivity index (χ1v) is 9.51. The molecule has 0 aliphatic heterocycles. The van der Waals surface area contributed by atoms with E-state index in [-0.39, 0.29) is 0 Å². The molecule has 0 aliphatic carbocycles. The third-order valence-electron chi connectivity index (χ3n) is 4.52. The molecule has 2 aromatic carbocycles. The van der Waals surface area contributed by atoms with E-state index >= 15 is 0 Å². The first-order valence-electron chi connectivity index (χ1n) is 9.51. The van der Waals surface area contributed by atoms with Crippen molar-refractivity contribution in [3.8, 4) is 16.9 Å². The van der Waals surface area contributed by atoms with Gasteiger partial charge in [-0.2, -0.15) is 0 Å². The quantitative estimate of drug-likeness (QED) is 0.449. The Kier molecular flexibility index (Phi) is 7.16. The molecular weight excluding hydrogens is 334 g/mol. The number of ketones is 1. The summed E-state index contributed by atoms with van der Waals surface area (Å²) in [5.74, 6) is 1.21. The molecule has 3 nitrogen and oxygen atoms in total. The first-order chi connectivity index (χ1) is 13.3. The number of ether oxygens (including phenoxy) is 1. The molecule has 0 unspecified atom stereocenters. The molecule has 0 fully saturated rings. The van der Waals surface area contributed by atoms with Gasteiger partial charge in [0.1, 0.15) is 11.5 Å². The molecule has 0 amide bonds. The standard InChI is InChI=1S/C24H25NO2/c26-22(14-13-20-15-17-25-18-16-20)10-6-7-19-27-24-12-5-4-11-23(24)21-8-2-1-3-9-21/h1-5,8-9,11-12,15-18H,6-7,10,13-14,19H2. The summed E-state index contributed by atoms with van der Waals surface area (Å²) in [5.41, 5.74) is 3.42. The summed E-state index contributed by atoms with van der Waals surface area (Å²) in [4.78, 5) is 16.0. The number of benzene rings is 2. The van der Waals surface area contributed by atoms with E-state index in [0.717, 1.165) is 36.1 Å². The number of aromatic nitrogens is 1. The van der Waals surface area contributed by atoms with Crippen LogP contribution in [0.5, 0.6) is 5.75 Å². The summed E-state index contributed by atoms with van der Waals surface area (Å²) < 4.78 is 5.98. The van der Waals surface area contributed by atoms with Crippen LogP contribution in [-0.2, 0) is 11.2 Å². The Morgan fingerprint density at radius 1 is 0.815 bits per heavy atom. The van der Waals surface area contributed by atoms with Crippen molar-refractivity contribution in [1.82, 2.24) is 4.98 Å². The molecule has 0 radical (unpaired) electrons. The third-order valence-corrected chi connectivity index (χ3v) is 4.52. The Morgan fingerprint density at radius 3 is 2.37 bits per heavy atom. The maximum atomic E-state index is 12.0. The number of para-hydroxylation sites is 1. The highest BCUT2D eigenvalue weighted by Gasteiger charge is 2.06. The monoisotopic (exact) mass is 359 g/mol. The Hall–Kier alpha value is -2.94. The highest BCUT2D eigenvalue weighted by molar-refractivity contribution is 5.78. The van der Waals surface area contributed by atoms with Gasteiger partial charge in [-0.05, 0) is 48.6 Å². The number of Topliss-reactive ketones (excluding diaryl/α,β-unsaturated/α-hetero) is 1. The maximum absolute atomic E-state index is 12.0. The lowest BCUT2D eigenvalue weighted by Crippen LogP contribution is -2.03. The molecule has 3 heteroatoms. The Balaban J connectivity index is 1.39. The van der Waals surface area contributed by atoms with E-state index in [0.29, 0.717) is 25.2 Å². The average Bonchev–Trinajstić information content (AvgIpc) is 2.74. The minimum Gasteiger partial charge on any atom is -0.493 e. The fourth-order valence-corrected chi connectivity index (χ4v) is 3.01. The molecule has 1 heterocycles. The summed E-state index contributed by atoms with van der Waals surface area (Å²) in [6.45, 7) is 0.626. The predicted octanol–water partition coefficient (Wildman–Crippen LogP) is 5.50. The van der Waals surface area contributed by atoms with Gasteiger partial charge >= 0.3 is 0 Å². The fourth-order valence-electron chi connectivity index (χ4n) is 3.01. The van der Waals surface area contributed by atoms with Crippen LogP contribution in [0.2, 0.25) is 0 Å². The van der Waals surface area contributed by atoms with Crippen LogP contribution in [0.1, 0.15) is 31.2 Å². The number of carbonyl (C=O) groups excluding carboxylic acids is 1. The maximum Gasteiger partial charge on any atom is 0.133 e. The van der Waals surface area contributed by atoms with Gasteiger partial charge in [0.05, 0.1) is 6.61 Å². The van der Waals surface area contributed by atoms with Crippen molar-refractivity contribution < 1.29 is 9.53 Å². The van der Waals surface area contributed by atoms with Gasteiger partial charge in [-0.3, -0.25) is 9.78 Å². The molecule has 3 aromatic rings. The van der Waals surface area contributed by atoms with Crippen LogP contribution in [0.25, 0.3) is 11.1 Å². The molecule has 27 heavy (non-hydrogen) atoms. The Labute approximate surface area is 161 Å². The van der Waals surface area contributed by atoms with Crippen molar-refractivity contribution in [3.05, 3.63) is 84.7 Å². The van der Waals surface area contributed by atoms with Crippen LogP contribution in [-0.4, -0.2) is 17.4 Å². The molecule has 3 rings (SSSR count). The van der Waals surface area contributed by atoms with Gasteiger partial charge in [0.2, 0.25) is 0 Å². The van der Waals surface area contributed by atoms with Gasteiger partial charge in [0, 0.05) is 30.8 Å². The number of aryl methyl sites for hydroxylation is 1. The minimum absolute atomic E-state index is 0.316. The van der Waals surface area contributed by atoms with Crippen LogP contribution in [0.3, 0.4) is 0 Å². The smallest absolute Gasteiger partial charge is 0.133 e. The zero-order valence-corrected chi connectivity index (χ0v) is 15.5. The summed E-state index contributed by atoms with van der Waals surface area (Å²) >= 11 is 0. The number of hydrogen-bond donors (Lipinski definition) is 0. The third kappa shape index (κ3) is 6.07. The second-order valence-electron chi connectivity index (χ2n) is 6.56. The molecule has 0 aliphatic rings. The zero-order chi connectivity index (χ0) is 18.7. The van der Waals surface area contributed by atoms with Crippen molar-refractivity contribution in [1.29, 1.82) is 0 Å². The number of carbonyl (C=O) groups is 1. The lowest BCUT2D eigenvalue weighted by molar-refractivity contribution is -0.119. The predicted molar refractivity (Wildman–Crippen MR) is 109 cm³/mol. The number of pyridine rings is 1. The van der Waals surface area contributed by atoms with Crippen LogP contribution in [0.15, 0.2) is 79.1 Å². The summed E-state index contributed by atoms with van der Waals surface area (Å²) in [6, 6.07) is 22.3. The highest BCUT2D eigenvalue weighted by Crippen LogP contribution is 2.29. The minimum atomic E-state index is 0.316. The first kappa shape index (κ1) is 18.8. The second kappa shape index (κ2) is 10.3. The summed E-state index contributed by atoms with van der Waals surface area (Å²) in [5, 5.41) is 0. The molecule has 138 valence electrons. The van der Waals surface area contributed by atoms with Gasteiger partial charge in [-0.15, -0.1) is 0 Å². The molecule has 0 spiro atoms. The van der Waals surface area contributed by atoms with E-state index in [9.17, 15) is 4.79 Å². The van der Waals surface area contributed by atoms with Gasteiger partial charge in [0.25, 0.3) is 0 Å². The average molecular weight is 359 g/mol. The van der Waals surface area contributed by atoms with Crippen molar-refractivity contribution >= 4 is 5.78 Å².